The Hall–Kier alpha value is -1.41. The predicted molar refractivity (Wildman–Crippen MR) is 74.4 cm³/mol. The lowest BCUT2D eigenvalue weighted by atomic mass is 9.74. The minimum atomic E-state index is -0.817. The highest BCUT2D eigenvalue weighted by atomic mass is 32.1. The highest BCUT2D eigenvalue weighted by Gasteiger charge is 2.40. The van der Waals surface area contributed by atoms with Gasteiger partial charge >= 0.3 is 0 Å². The van der Waals surface area contributed by atoms with E-state index in [1.54, 1.807) is 17.5 Å². The van der Waals surface area contributed by atoms with Gasteiger partial charge in [-0.3, -0.25) is 4.79 Å². The Kier molecular flexibility index (Phi) is 4.54. The van der Waals surface area contributed by atoms with Crippen molar-refractivity contribution < 1.29 is 4.79 Å². The summed E-state index contributed by atoms with van der Waals surface area (Å²) in [5.74, 6) is -0.114. The maximum absolute atomic E-state index is 12.5. The Labute approximate surface area is 117 Å². The van der Waals surface area contributed by atoms with Crippen LogP contribution in [0.5, 0.6) is 0 Å². The van der Waals surface area contributed by atoms with Gasteiger partial charge in [-0.25, -0.2) is 4.98 Å². The molecule has 1 fully saturated rings. The summed E-state index contributed by atoms with van der Waals surface area (Å²) in [4.78, 5) is 16.7. The van der Waals surface area contributed by atoms with Crippen LogP contribution in [-0.4, -0.2) is 10.9 Å². The molecule has 102 valence electrons. The summed E-state index contributed by atoms with van der Waals surface area (Å²) < 4.78 is 0. The molecule has 4 nitrogen and oxygen atoms in total. The number of aromatic nitrogens is 1. The van der Waals surface area contributed by atoms with Gasteiger partial charge in [0.25, 0.3) is 0 Å². The lowest BCUT2D eigenvalue weighted by Gasteiger charge is -2.30. The molecule has 0 saturated heterocycles. The number of carbonyl (C=O) groups is 1. The molecule has 0 aliphatic heterocycles. The standard InChI is InChI=1S/C14H19N3OS/c1-2-11(12-16-8-9-19-12)17-13(18)14(10-15)6-4-3-5-7-14/h8-9,11H,2-7H2,1H3,(H,17,18). The number of amides is 1. The van der Waals surface area contributed by atoms with E-state index in [1.165, 1.54) is 0 Å². The molecule has 1 unspecified atom stereocenters. The largest absolute Gasteiger partial charge is 0.345 e. The van der Waals surface area contributed by atoms with E-state index < -0.39 is 5.41 Å². The summed E-state index contributed by atoms with van der Waals surface area (Å²) >= 11 is 1.54. The van der Waals surface area contributed by atoms with E-state index in [2.05, 4.69) is 16.4 Å². The van der Waals surface area contributed by atoms with Crippen molar-refractivity contribution in [2.45, 2.75) is 51.5 Å². The Morgan fingerprint density at radius 3 is 2.84 bits per heavy atom. The molecule has 1 aliphatic rings. The number of hydrogen-bond acceptors (Lipinski definition) is 4. The number of hydrogen-bond donors (Lipinski definition) is 1. The minimum absolute atomic E-state index is 0.0698. The van der Waals surface area contributed by atoms with Gasteiger partial charge < -0.3 is 5.32 Å². The normalized spacial score (nSPS) is 19.4. The lowest BCUT2D eigenvalue weighted by molar-refractivity contribution is -0.130. The van der Waals surface area contributed by atoms with E-state index >= 15 is 0 Å². The van der Waals surface area contributed by atoms with E-state index in [-0.39, 0.29) is 11.9 Å². The molecule has 0 radical (unpaired) electrons. The van der Waals surface area contributed by atoms with E-state index in [0.29, 0.717) is 12.8 Å². The van der Waals surface area contributed by atoms with Crippen molar-refractivity contribution in [2.75, 3.05) is 0 Å². The van der Waals surface area contributed by atoms with Crippen LogP contribution in [0.1, 0.15) is 56.5 Å². The van der Waals surface area contributed by atoms with E-state index in [9.17, 15) is 10.1 Å². The molecule has 1 atom stereocenters. The van der Waals surface area contributed by atoms with Crippen molar-refractivity contribution in [1.82, 2.24) is 10.3 Å². The van der Waals surface area contributed by atoms with Crippen LogP contribution in [0, 0.1) is 16.7 Å². The molecule has 1 N–H and O–H groups in total. The molecule has 19 heavy (non-hydrogen) atoms. The van der Waals surface area contributed by atoms with Gasteiger partial charge in [0.2, 0.25) is 5.91 Å². The first-order valence-corrected chi connectivity index (χ1v) is 7.71. The van der Waals surface area contributed by atoms with Crippen LogP contribution >= 0.6 is 11.3 Å². The average molecular weight is 277 g/mol. The Morgan fingerprint density at radius 2 is 2.32 bits per heavy atom. The number of carbonyl (C=O) groups excluding carboxylic acids is 1. The Balaban J connectivity index is 2.08. The van der Waals surface area contributed by atoms with Crippen LogP contribution in [0.4, 0.5) is 0 Å². The molecule has 0 bridgehead atoms. The fraction of sp³-hybridized carbons (Fsp3) is 0.643. The topological polar surface area (TPSA) is 65.8 Å². The molecule has 1 heterocycles. The molecule has 1 saturated carbocycles. The van der Waals surface area contributed by atoms with E-state index in [1.807, 2.05) is 12.3 Å². The summed E-state index contributed by atoms with van der Waals surface area (Å²) in [6, 6.07) is 2.19. The molecule has 2 rings (SSSR count). The summed E-state index contributed by atoms with van der Waals surface area (Å²) in [6.45, 7) is 2.02. The van der Waals surface area contributed by atoms with Crippen molar-refractivity contribution in [2.24, 2.45) is 5.41 Å². The summed E-state index contributed by atoms with van der Waals surface area (Å²) in [7, 11) is 0. The second kappa shape index (κ2) is 6.16. The van der Waals surface area contributed by atoms with Gasteiger partial charge in [-0.15, -0.1) is 11.3 Å². The fourth-order valence-electron chi connectivity index (χ4n) is 2.59. The predicted octanol–water partition coefficient (Wildman–Crippen LogP) is 3.18. The number of nitrogens with one attached hydrogen (secondary N) is 1. The fourth-order valence-corrected chi connectivity index (χ4v) is 3.36. The number of thiazole rings is 1. The first kappa shape index (κ1) is 14.0. The molecule has 0 spiro atoms. The smallest absolute Gasteiger partial charge is 0.241 e. The van der Waals surface area contributed by atoms with Gasteiger partial charge in [0.15, 0.2) is 0 Å². The Morgan fingerprint density at radius 1 is 1.58 bits per heavy atom. The maximum atomic E-state index is 12.5. The first-order valence-electron chi connectivity index (χ1n) is 6.83. The molecule has 1 aromatic heterocycles. The van der Waals surface area contributed by atoms with Crippen molar-refractivity contribution in [3.63, 3.8) is 0 Å². The highest BCUT2D eigenvalue weighted by Crippen LogP contribution is 2.36. The van der Waals surface area contributed by atoms with Crippen LogP contribution < -0.4 is 5.32 Å². The first-order chi connectivity index (χ1) is 9.22. The second-order valence-corrected chi connectivity index (χ2v) is 5.99. The highest BCUT2D eigenvalue weighted by molar-refractivity contribution is 7.09. The lowest BCUT2D eigenvalue weighted by Crippen LogP contribution is -2.42. The number of nitriles is 1. The molecular formula is C14H19N3OS. The van der Waals surface area contributed by atoms with Gasteiger partial charge in [0.1, 0.15) is 10.4 Å². The van der Waals surface area contributed by atoms with Crippen LogP contribution in [0.25, 0.3) is 0 Å². The van der Waals surface area contributed by atoms with Crippen LogP contribution in [-0.2, 0) is 4.79 Å². The number of nitrogens with zero attached hydrogens (tertiary/aromatic N) is 2. The van der Waals surface area contributed by atoms with Gasteiger partial charge in [0, 0.05) is 11.6 Å². The second-order valence-electron chi connectivity index (χ2n) is 5.06. The van der Waals surface area contributed by atoms with Crippen LogP contribution in [0.2, 0.25) is 0 Å². The zero-order chi connectivity index (χ0) is 13.7. The summed E-state index contributed by atoms with van der Waals surface area (Å²) in [5.41, 5.74) is -0.817. The van der Waals surface area contributed by atoms with Crippen LogP contribution in [0.3, 0.4) is 0 Å². The molecule has 5 heteroatoms. The summed E-state index contributed by atoms with van der Waals surface area (Å²) in [5, 5.41) is 15.2. The third-order valence-electron chi connectivity index (χ3n) is 3.82. The van der Waals surface area contributed by atoms with Crippen molar-refractivity contribution in [3.8, 4) is 6.07 Å². The summed E-state index contributed by atoms with van der Waals surface area (Å²) in [6.07, 6.45) is 6.97. The molecule has 1 aromatic rings. The maximum Gasteiger partial charge on any atom is 0.241 e. The molecule has 0 aromatic carbocycles. The van der Waals surface area contributed by atoms with Crippen LogP contribution in [0.15, 0.2) is 11.6 Å². The van der Waals surface area contributed by atoms with Gasteiger partial charge in [-0.05, 0) is 19.3 Å². The zero-order valence-corrected chi connectivity index (χ0v) is 12.0. The van der Waals surface area contributed by atoms with Crippen molar-refractivity contribution in [3.05, 3.63) is 16.6 Å². The average Bonchev–Trinajstić information content (AvgIpc) is 2.99. The third-order valence-corrected chi connectivity index (χ3v) is 4.71. The molecule has 1 amide bonds. The Bertz CT molecular complexity index is 458. The van der Waals surface area contributed by atoms with Gasteiger partial charge in [-0.2, -0.15) is 5.26 Å². The number of rotatable bonds is 4. The third kappa shape index (κ3) is 2.95. The minimum Gasteiger partial charge on any atom is -0.345 e. The van der Waals surface area contributed by atoms with Gasteiger partial charge in [0.05, 0.1) is 12.1 Å². The van der Waals surface area contributed by atoms with Crippen molar-refractivity contribution in [1.29, 1.82) is 5.26 Å². The van der Waals surface area contributed by atoms with E-state index in [0.717, 1.165) is 30.7 Å². The van der Waals surface area contributed by atoms with Crippen molar-refractivity contribution >= 4 is 17.2 Å². The van der Waals surface area contributed by atoms with Gasteiger partial charge in [-0.1, -0.05) is 26.2 Å². The monoisotopic (exact) mass is 277 g/mol. The SMILES string of the molecule is CCC(NC(=O)C1(C#N)CCCCC1)c1nccs1. The molecule has 1 aliphatic carbocycles. The zero-order valence-electron chi connectivity index (χ0n) is 11.2. The quantitative estimate of drug-likeness (QED) is 0.919. The molecular weight excluding hydrogens is 258 g/mol. The van der Waals surface area contributed by atoms with E-state index in [4.69, 9.17) is 0 Å².